The molecular weight excluding hydrogens is 383 g/mol. The first-order valence-electron chi connectivity index (χ1n) is 6.32. The van der Waals surface area contributed by atoms with Gasteiger partial charge in [-0.05, 0) is 41.1 Å². The number of hydrogen-bond donors (Lipinski definition) is 2. The number of aryl methyl sites for hydroxylation is 1. The van der Waals surface area contributed by atoms with Crippen molar-refractivity contribution in [3.63, 3.8) is 0 Å². The zero-order valence-corrected chi connectivity index (χ0v) is 13.4. The van der Waals surface area contributed by atoms with E-state index in [-0.39, 0.29) is 12.7 Å². The fourth-order valence-electron chi connectivity index (χ4n) is 2.08. The molecular formula is C15H13IN2O3. The largest absolute Gasteiger partial charge is 0.454 e. The Hall–Kier alpha value is -1.96. The van der Waals surface area contributed by atoms with Crippen LogP contribution in [0.1, 0.15) is 15.9 Å². The maximum atomic E-state index is 12.4. The van der Waals surface area contributed by atoms with Crippen molar-refractivity contribution in [2.24, 2.45) is 0 Å². The Kier molecular flexibility index (Phi) is 3.62. The van der Waals surface area contributed by atoms with E-state index in [1.807, 2.05) is 19.1 Å². The average molecular weight is 396 g/mol. The van der Waals surface area contributed by atoms with E-state index in [4.69, 9.17) is 15.2 Å². The highest BCUT2D eigenvalue weighted by atomic mass is 127. The quantitative estimate of drug-likeness (QED) is 0.604. The van der Waals surface area contributed by atoms with E-state index in [9.17, 15) is 4.79 Å². The van der Waals surface area contributed by atoms with Crippen LogP contribution in [0.5, 0.6) is 11.5 Å². The number of nitrogen functional groups attached to an aromatic ring is 1. The summed E-state index contributed by atoms with van der Waals surface area (Å²) >= 11 is 2.16. The van der Waals surface area contributed by atoms with Crippen LogP contribution in [0.4, 0.5) is 11.4 Å². The van der Waals surface area contributed by atoms with Gasteiger partial charge in [-0.15, -0.1) is 0 Å². The first-order chi connectivity index (χ1) is 10.1. The highest BCUT2D eigenvalue weighted by Gasteiger charge is 2.18. The molecule has 0 aromatic heterocycles. The summed E-state index contributed by atoms with van der Waals surface area (Å²) in [5.74, 6) is 0.975. The zero-order valence-electron chi connectivity index (χ0n) is 11.3. The lowest BCUT2D eigenvalue weighted by Crippen LogP contribution is -2.15. The third-order valence-corrected chi connectivity index (χ3v) is 4.66. The van der Waals surface area contributed by atoms with Gasteiger partial charge >= 0.3 is 0 Å². The van der Waals surface area contributed by atoms with Gasteiger partial charge in [0.15, 0.2) is 11.5 Å². The molecule has 2 aromatic carbocycles. The summed E-state index contributed by atoms with van der Waals surface area (Å²) in [6.07, 6.45) is 0. The van der Waals surface area contributed by atoms with Gasteiger partial charge in [0, 0.05) is 15.7 Å². The van der Waals surface area contributed by atoms with Crippen molar-refractivity contribution in [3.8, 4) is 11.5 Å². The van der Waals surface area contributed by atoms with Crippen molar-refractivity contribution in [2.75, 3.05) is 17.8 Å². The summed E-state index contributed by atoms with van der Waals surface area (Å²) in [6, 6.07) is 8.94. The Balaban J connectivity index is 1.90. The highest BCUT2D eigenvalue weighted by Crippen LogP contribution is 2.38. The SMILES string of the molecule is Cc1cccc(C(=O)Nc2cc3c(cc2N)OCO3)c1I. The molecule has 1 heterocycles. The van der Waals surface area contributed by atoms with Gasteiger partial charge in [0.25, 0.3) is 5.91 Å². The Bertz CT molecular complexity index is 731. The Morgan fingerprint density at radius 1 is 1.29 bits per heavy atom. The van der Waals surface area contributed by atoms with Crippen LogP contribution in [-0.4, -0.2) is 12.7 Å². The minimum absolute atomic E-state index is 0.169. The number of amides is 1. The molecule has 0 aliphatic carbocycles. The van der Waals surface area contributed by atoms with Crippen molar-refractivity contribution in [1.29, 1.82) is 0 Å². The Morgan fingerprint density at radius 2 is 2.00 bits per heavy atom. The number of nitrogens with one attached hydrogen (secondary N) is 1. The molecule has 108 valence electrons. The van der Waals surface area contributed by atoms with Crippen molar-refractivity contribution < 1.29 is 14.3 Å². The van der Waals surface area contributed by atoms with Crippen molar-refractivity contribution >= 4 is 39.9 Å². The molecule has 0 saturated carbocycles. The monoisotopic (exact) mass is 396 g/mol. The highest BCUT2D eigenvalue weighted by molar-refractivity contribution is 14.1. The topological polar surface area (TPSA) is 73.6 Å². The second-order valence-corrected chi connectivity index (χ2v) is 5.76. The van der Waals surface area contributed by atoms with Crippen LogP contribution in [0.2, 0.25) is 0 Å². The number of nitrogens with two attached hydrogens (primary N) is 1. The lowest BCUT2D eigenvalue weighted by molar-refractivity contribution is 0.102. The van der Waals surface area contributed by atoms with Gasteiger partial charge in [0.1, 0.15) is 0 Å². The second-order valence-electron chi connectivity index (χ2n) is 4.68. The Morgan fingerprint density at radius 3 is 2.76 bits per heavy atom. The minimum atomic E-state index is -0.200. The molecule has 3 N–H and O–H groups in total. The molecule has 0 spiro atoms. The third kappa shape index (κ3) is 2.63. The van der Waals surface area contributed by atoms with Gasteiger partial charge in [-0.3, -0.25) is 4.79 Å². The van der Waals surface area contributed by atoms with Crippen molar-refractivity contribution in [3.05, 3.63) is 45.0 Å². The van der Waals surface area contributed by atoms with Gasteiger partial charge in [-0.25, -0.2) is 0 Å². The fraction of sp³-hybridized carbons (Fsp3) is 0.133. The molecule has 6 heteroatoms. The lowest BCUT2D eigenvalue weighted by atomic mass is 10.1. The van der Waals surface area contributed by atoms with Gasteiger partial charge in [-0.1, -0.05) is 12.1 Å². The van der Waals surface area contributed by atoms with Crippen LogP contribution in [-0.2, 0) is 0 Å². The molecule has 0 atom stereocenters. The van der Waals surface area contributed by atoms with E-state index in [1.54, 1.807) is 18.2 Å². The molecule has 0 bridgehead atoms. The van der Waals surface area contributed by atoms with Crippen LogP contribution < -0.4 is 20.5 Å². The first kappa shape index (κ1) is 14.0. The van der Waals surface area contributed by atoms with Crippen LogP contribution in [0.25, 0.3) is 0 Å². The summed E-state index contributed by atoms with van der Waals surface area (Å²) in [4.78, 5) is 12.4. The predicted molar refractivity (Wildman–Crippen MR) is 88.8 cm³/mol. The lowest BCUT2D eigenvalue weighted by Gasteiger charge is -2.11. The predicted octanol–water partition coefficient (Wildman–Crippen LogP) is 3.16. The molecule has 3 rings (SSSR count). The number of hydrogen-bond acceptors (Lipinski definition) is 4. The summed E-state index contributed by atoms with van der Waals surface area (Å²) in [5, 5.41) is 2.82. The number of fused-ring (bicyclic) bond motifs is 1. The molecule has 21 heavy (non-hydrogen) atoms. The fourth-order valence-corrected chi connectivity index (χ4v) is 2.68. The van der Waals surface area contributed by atoms with Crippen LogP contribution in [0.15, 0.2) is 30.3 Å². The summed E-state index contributed by atoms with van der Waals surface area (Å²) in [5.41, 5.74) is 8.57. The van der Waals surface area contributed by atoms with Crippen LogP contribution >= 0.6 is 22.6 Å². The maximum absolute atomic E-state index is 12.4. The third-order valence-electron chi connectivity index (χ3n) is 3.23. The molecule has 0 fully saturated rings. The normalized spacial score (nSPS) is 12.3. The van der Waals surface area contributed by atoms with E-state index in [1.165, 1.54) is 0 Å². The molecule has 1 aliphatic rings. The van der Waals surface area contributed by atoms with E-state index in [0.29, 0.717) is 28.4 Å². The number of benzene rings is 2. The van der Waals surface area contributed by atoms with Gasteiger partial charge in [0.05, 0.1) is 16.9 Å². The van der Waals surface area contributed by atoms with E-state index in [2.05, 4.69) is 27.9 Å². The summed E-state index contributed by atoms with van der Waals surface area (Å²) < 4.78 is 11.5. The van der Waals surface area contributed by atoms with Crippen molar-refractivity contribution in [1.82, 2.24) is 0 Å². The van der Waals surface area contributed by atoms with Crippen LogP contribution in [0.3, 0.4) is 0 Å². The van der Waals surface area contributed by atoms with E-state index < -0.39 is 0 Å². The smallest absolute Gasteiger partial charge is 0.256 e. The zero-order chi connectivity index (χ0) is 15.0. The number of carbonyl (C=O) groups excluding carboxylic acids is 1. The minimum Gasteiger partial charge on any atom is -0.454 e. The number of carbonyl (C=O) groups is 1. The number of halogens is 1. The molecule has 0 radical (unpaired) electrons. The van der Waals surface area contributed by atoms with Gasteiger partial charge in [-0.2, -0.15) is 0 Å². The maximum Gasteiger partial charge on any atom is 0.256 e. The first-order valence-corrected chi connectivity index (χ1v) is 7.39. The molecule has 1 aliphatic heterocycles. The van der Waals surface area contributed by atoms with Gasteiger partial charge in [0.2, 0.25) is 6.79 Å². The number of ether oxygens (including phenoxy) is 2. The molecule has 0 saturated heterocycles. The van der Waals surface area contributed by atoms with Crippen LogP contribution in [0, 0.1) is 10.5 Å². The van der Waals surface area contributed by atoms with Crippen molar-refractivity contribution in [2.45, 2.75) is 6.92 Å². The second kappa shape index (κ2) is 5.44. The molecule has 2 aromatic rings. The average Bonchev–Trinajstić information content (AvgIpc) is 2.89. The number of rotatable bonds is 2. The molecule has 0 unspecified atom stereocenters. The van der Waals surface area contributed by atoms with E-state index in [0.717, 1.165) is 9.13 Å². The summed E-state index contributed by atoms with van der Waals surface area (Å²) in [6.45, 7) is 2.13. The van der Waals surface area contributed by atoms with E-state index >= 15 is 0 Å². The summed E-state index contributed by atoms with van der Waals surface area (Å²) in [7, 11) is 0. The van der Waals surface area contributed by atoms with Gasteiger partial charge < -0.3 is 20.5 Å². The standard InChI is InChI=1S/C15H13IN2O3/c1-8-3-2-4-9(14(8)16)15(19)18-11-6-13-12(5-10(11)17)20-7-21-13/h2-6H,7,17H2,1H3,(H,18,19). The number of anilines is 2. The molecule has 1 amide bonds. The molecule has 5 nitrogen and oxygen atoms in total. The Labute approximate surface area is 135 Å².